The van der Waals surface area contributed by atoms with Gasteiger partial charge in [-0.15, -0.1) is 0 Å². The van der Waals surface area contributed by atoms with Gasteiger partial charge in [-0.05, 0) is 128 Å². The first-order valence-corrected chi connectivity index (χ1v) is 24.9. The maximum absolute atomic E-state index is 15.1. The number of fused-ring (bicyclic) bond motifs is 7. The molecule has 0 amide bonds. The molecule has 0 spiro atoms. The van der Waals surface area contributed by atoms with Gasteiger partial charge in [0.25, 0.3) is 0 Å². The van der Waals surface area contributed by atoms with Crippen molar-refractivity contribution in [3.05, 3.63) is 83.4 Å². The summed E-state index contributed by atoms with van der Waals surface area (Å²) in [6, 6.07) is 20.7. The minimum Gasteiger partial charge on any atom is -0.466 e. The molecule has 5 aliphatic rings. The van der Waals surface area contributed by atoms with E-state index in [1.54, 1.807) is 0 Å². The lowest BCUT2D eigenvalue weighted by atomic mass is 9.33. The van der Waals surface area contributed by atoms with Crippen LogP contribution in [0.15, 0.2) is 72.3 Å². The fourth-order valence-electron chi connectivity index (χ4n) is 12.8. The smallest absolute Gasteiger partial charge is 0.313 e. The second-order valence-corrected chi connectivity index (χ2v) is 26.9. The quantitative estimate of drug-likeness (QED) is 0.212. The maximum Gasteiger partial charge on any atom is 0.313 e. The molecule has 5 aliphatic carbocycles. The van der Waals surface area contributed by atoms with Crippen molar-refractivity contribution >= 4 is 25.8 Å². The first-order valence-electron chi connectivity index (χ1n) is 21.2. The largest absolute Gasteiger partial charge is 0.466 e. The predicted octanol–water partition coefficient (Wildman–Crippen LogP) is 10.5. The third-order valence-electron chi connectivity index (χ3n) is 16.8. The average molecular weight is 766 g/mol. The molecule has 4 saturated carbocycles. The standard InChI is InChI=1S/C48H67NO5Si/c1-43-24-25-44(2,41(51)54-39(32-16-12-10-13-17-32)33-18-14-11-15-19-33)31-35(43)34-30-36(50)40-45(3)22-21-38(49)48(6,42(52)53-28-29-55(7,8)9)37(45)20-23-47(40,5)46(34,4)27-26-43/h10-19,30,35,37-40H,20-29,31,49H2,1-9H3/t35-,37+,38-,40+,43+,44-,45-,46+,47+,48-/m0/s1. The molecule has 55 heavy (non-hydrogen) atoms. The van der Waals surface area contributed by atoms with Crippen molar-refractivity contribution in [3.8, 4) is 0 Å². The van der Waals surface area contributed by atoms with E-state index in [2.05, 4.69) is 54.3 Å². The zero-order valence-electron chi connectivity index (χ0n) is 35.1. The van der Waals surface area contributed by atoms with Crippen LogP contribution < -0.4 is 5.73 Å². The van der Waals surface area contributed by atoms with Gasteiger partial charge in [0.1, 0.15) is 0 Å². The number of ether oxygens (including phenoxy) is 2. The fraction of sp³-hybridized carbons (Fsp3) is 0.646. The van der Waals surface area contributed by atoms with Gasteiger partial charge in [-0.25, -0.2) is 0 Å². The van der Waals surface area contributed by atoms with E-state index in [0.29, 0.717) is 19.4 Å². The highest BCUT2D eigenvalue weighted by atomic mass is 28.3. The van der Waals surface area contributed by atoms with Crippen molar-refractivity contribution in [1.82, 2.24) is 0 Å². The maximum atomic E-state index is 15.1. The first-order chi connectivity index (χ1) is 25.7. The number of benzene rings is 2. The Kier molecular flexibility index (Phi) is 10.1. The topological polar surface area (TPSA) is 95.7 Å². The van der Waals surface area contributed by atoms with Crippen LogP contribution in [0, 0.1) is 50.2 Å². The molecule has 10 atom stereocenters. The van der Waals surface area contributed by atoms with Crippen molar-refractivity contribution < 1.29 is 23.9 Å². The third-order valence-corrected chi connectivity index (χ3v) is 18.5. The Morgan fingerprint density at radius 3 is 2.00 bits per heavy atom. The molecule has 0 heterocycles. The molecular formula is C48H67NO5Si. The summed E-state index contributed by atoms with van der Waals surface area (Å²) in [6.45, 7) is 21.0. The first kappa shape index (κ1) is 40.2. The minimum atomic E-state index is -1.39. The second kappa shape index (κ2) is 13.8. The summed E-state index contributed by atoms with van der Waals surface area (Å²) in [6.07, 6.45) is 9.24. The number of esters is 2. The molecule has 298 valence electrons. The van der Waals surface area contributed by atoms with E-state index in [1.165, 1.54) is 5.57 Å². The molecule has 2 aromatic rings. The van der Waals surface area contributed by atoms with E-state index in [9.17, 15) is 9.59 Å². The zero-order valence-corrected chi connectivity index (χ0v) is 36.1. The molecule has 0 aliphatic heterocycles. The van der Waals surface area contributed by atoms with Crippen molar-refractivity contribution in [1.29, 1.82) is 0 Å². The molecule has 2 N–H and O–H groups in total. The third kappa shape index (κ3) is 6.42. The van der Waals surface area contributed by atoms with Crippen LogP contribution in [-0.4, -0.2) is 38.4 Å². The Morgan fingerprint density at radius 2 is 1.40 bits per heavy atom. The lowest BCUT2D eigenvalue weighted by molar-refractivity contribution is -0.202. The Bertz CT molecular complexity index is 1800. The summed E-state index contributed by atoms with van der Waals surface area (Å²) >= 11 is 0. The van der Waals surface area contributed by atoms with Crippen LogP contribution >= 0.6 is 0 Å². The summed E-state index contributed by atoms with van der Waals surface area (Å²) in [5.41, 5.74) is 7.68. The second-order valence-electron chi connectivity index (χ2n) is 21.2. The van der Waals surface area contributed by atoms with Crippen molar-refractivity contribution in [2.45, 2.75) is 137 Å². The highest BCUT2D eigenvalue weighted by Crippen LogP contribution is 2.75. The van der Waals surface area contributed by atoms with Crippen molar-refractivity contribution in [3.63, 3.8) is 0 Å². The molecule has 0 saturated heterocycles. The van der Waals surface area contributed by atoms with Crippen LogP contribution in [0.2, 0.25) is 25.7 Å². The number of allylic oxidation sites excluding steroid dienone is 2. The van der Waals surface area contributed by atoms with Crippen LogP contribution in [0.25, 0.3) is 0 Å². The summed E-state index contributed by atoms with van der Waals surface area (Å²) in [4.78, 5) is 43.8. The van der Waals surface area contributed by atoms with Gasteiger partial charge in [-0.3, -0.25) is 14.4 Å². The zero-order chi connectivity index (χ0) is 39.8. The molecule has 2 aromatic carbocycles. The molecule has 0 unspecified atom stereocenters. The number of hydrogen-bond donors (Lipinski definition) is 1. The highest BCUT2D eigenvalue weighted by molar-refractivity contribution is 6.76. The van der Waals surface area contributed by atoms with E-state index >= 15 is 4.79 Å². The van der Waals surface area contributed by atoms with Crippen LogP contribution in [0.5, 0.6) is 0 Å². The van der Waals surface area contributed by atoms with E-state index in [-0.39, 0.29) is 63.2 Å². The molecule has 7 heteroatoms. The summed E-state index contributed by atoms with van der Waals surface area (Å²) in [5, 5.41) is 0. The van der Waals surface area contributed by atoms with Crippen LogP contribution in [0.1, 0.15) is 117 Å². The van der Waals surface area contributed by atoms with Crippen LogP contribution in [0.3, 0.4) is 0 Å². The Balaban J connectivity index is 1.20. The van der Waals surface area contributed by atoms with Gasteiger partial charge in [-0.1, -0.05) is 114 Å². The van der Waals surface area contributed by atoms with Gasteiger partial charge >= 0.3 is 11.9 Å². The van der Waals surface area contributed by atoms with E-state index < -0.39 is 25.0 Å². The highest BCUT2D eigenvalue weighted by Gasteiger charge is 2.71. The molecule has 4 fully saturated rings. The van der Waals surface area contributed by atoms with E-state index in [1.807, 2.05) is 73.7 Å². The van der Waals surface area contributed by atoms with E-state index in [0.717, 1.165) is 62.1 Å². The number of nitrogens with two attached hydrogens (primary N) is 1. The molecule has 0 bridgehead atoms. The monoisotopic (exact) mass is 765 g/mol. The number of carbonyl (C=O) groups excluding carboxylic acids is 3. The number of hydrogen-bond acceptors (Lipinski definition) is 6. The predicted molar refractivity (Wildman–Crippen MR) is 222 cm³/mol. The Morgan fingerprint density at radius 1 is 0.800 bits per heavy atom. The molecule has 0 radical (unpaired) electrons. The van der Waals surface area contributed by atoms with Crippen molar-refractivity contribution in [2.75, 3.05) is 6.61 Å². The SMILES string of the molecule is C[C@]1(C(=O)OC(c2ccccc2)c2ccccc2)CC[C@]2(C)CC[C@]3(C)C(=CC(=O)[C@@H]4[C@@]5(C)CC[C@H](N)[C@@](C)(C(=O)OCC[Si](C)(C)C)[C@@H]5CC[C@]43C)[C@@H]2C1. The van der Waals surface area contributed by atoms with E-state index in [4.69, 9.17) is 15.2 Å². The van der Waals surface area contributed by atoms with Gasteiger partial charge < -0.3 is 15.2 Å². The Labute approximate surface area is 331 Å². The summed E-state index contributed by atoms with van der Waals surface area (Å²) in [5.74, 6) is -0.271. The number of carbonyl (C=O) groups is 3. The normalized spacial score (nSPS) is 39.8. The minimum absolute atomic E-state index is 0.00380. The van der Waals surface area contributed by atoms with Gasteiger partial charge in [0.15, 0.2) is 11.9 Å². The molecule has 6 nitrogen and oxygen atoms in total. The molecular weight excluding hydrogens is 699 g/mol. The van der Waals surface area contributed by atoms with Gasteiger partial charge in [0.05, 0.1) is 17.4 Å². The van der Waals surface area contributed by atoms with Gasteiger partial charge in [0.2, 0.25) is 0 Å². The van der Waals surface area contributed by atoms with Gasteiger partial charge in [-0.2, -0.15) is 0 Å². The number of ketones is 1. The summed E-state index contributed by atoms with van der Waals surface area (Å²) < 4.78 is 12.6. The summed E-state index contributed by atoms with van der Waals surface area (Å²) in [7, 11) is -1.39. The lowest BCUT2D eigenvalue weighted by Gasteiger charge is -2.70. The lowest BCUT2D eigenvalue weighted by Crippen LogP contribution is -2.69. The fourth-order valence-corrected chi connectivity index (χ4v) is 13.5. The van der Waals surface area contributed by atoms with Crippen LogP contribution in [-0.2, 0) is 23.9 Å². The van der Waals surface area contributed by atoms with Crippen molar-refractivity contribution in [2.24, 2.45) is 56.0 Å². The van der Waals surface area contributed by atoms with Gasteiger partial charge in [0, 0.05) is 20.0 Å². The molecule has 7 rings (SSSR count). The molecule has 0 aromatic heterocycles. The number of rotatable bonds is 8. The average Bonchev–Trinajstić information content (AvgIpc) is 3.14. The van der Waals surface area contributed by atoms with Crippen LogP contribution in [0.4, 0.5) is 0 Å². The Hall–Kier alpha value is -3.03.